The molecule has 0 amide bonds. The highest BCUT2D eigenvalue weighted by Gasteiger charge is 2.76. The predicted octanol–water partition coefficient (Wildman–Crippen LogP) is 5.90. The van der Waals surface area contributed by atoms with Gasteiger partial charge in [-0.25, -0.2) is 0 Å². The Morgan fingerprint density at radius 2 is 1.53 bits per heavy atom. The minimum atomic E-state index is -5.78. The lowest BCUT2D eigenvalue weighted by molar-refractivity contribution is -0.390. The molecule has 0 aliphatic heterocycles. The molecule has 9 heteroatoms. The first-order valence-electron chi connectivity index (χ1n) is 10.5. The van der Waals surface area contributed by atoms with Crippen molar-refractivity contribution in [3.05, 3.63) is 0 Å². The minimum absolute atomic E-state index is 0.0765. The first-order valence-corrected chi connectivity index (χ1v) is 10.5. The van der Waals surface area contributed by atoms with E-state index in [0.717, 1.165) is 0 Å². The lowest BCUT2D eigenvalue weighted by atomic mass is 9.65. The van der Waals surface area contributed by atoms with Crippen LogP contribution in [0.3, 0.4) is 0 Å². The van der Waals surface area contributed by atoms with Gasteiger partial charge in [-0.2, -0.15) is 26.3 Å². The van der Waals surface area contributed by atoms with Gasteiger partial charge in [-0.3, -0.25) is 4.79 Å². The first kappa shape index (κ1) is 25.3. The molecule has 3 nitrogen and oxygen atoms in total. The van der Waals surface area contributed by atoms with Crippen molar-refractivity contribution in [2.45, 2.75) is 90.3 Å². The second kappa shape index (κ2) is 8.17. The van der Waals surface area contributed by atoms with Crippen LogP contribution in [0.4, 0.5) is 26.3 Å². The van der Waals surface area contributed by atoms with Gasteiger partial charge in [-0.05, 0) is 76.0 Å². The van der Waals surface area contributed by atoms with E-state index in [1.807, 2.05) is 13.8 Å². The van der Waals surface area contributed by atoms with Crippen molar-refractivity contribution in [2.75, 3.05) is 0 Å². The third-order valence-corrected chi connectivity index (χ3v) is 7.06. The van der Waals surface area contributed by atoms with Gasteiger partial charge >= 0.3 is 18.3 Å². The predicted molar refractivity (Wildman–Crippen MR) is 98.3 cm³/mol. The number of carbonyl (C=O) groups is 1. The summed E-state index contributed by atoms with van der Waals surface area (Å²) in [5.41, 5.74) is -5.30. The molecule has 2 aliphatic rings. The van der Waals surface area contributed by atoms with Gasteiger partial charge in [-0.15, -0.1) is 0 Å². The molecular weight excluding hydrogens is 414 g/mol. The van der Waals surface area contributed by atoms with Crippen LogP contribution in [0, 0.1) is 35.5 Å². The number of aliphatic hydroxyl groups is 1. The van der Waals surface area contributed by atoms with E-state index >= 15 is 0 Å². The molecule has 0 radical (unpaired) electrons. The summed E-state index contributed by atoms with van der Waals surface area (Å²) in [6.45, 7) is 8.91. The van der Waals surface area contributed by atoms with Crippen molar-refractivity contribution < 1.29 is 41.0 Å². The van der Waals surface area contributed by atoms with Crippen LogP contribution in [0.15, 0.2) is 0 Å². The molecule has 0 aromatic carbocycles. The fourth-order valence-electron chi connectivity index (χ4n) is 5.49. The van der Waals surface area contributed by atoms with Crippen LogP contribution in [0.5, 0.6) is 0 Å². The molecule has 0 aromatic heterocycles. The summed E-state index contributed by atoms with van der Waals surface area (Å²) in [6.07, 6.45) is -10.4. The third-order valence-electron chi connectivity index (χ3n) is 7.06. The maximum Gasteiger partial charge on any atom is 0.426 e. The van der Waals surface area contributed by atoms with Gasteiger partial charge in [0, 0.05) is 12.3 Å². The van der Waals surface area contributed by atoms with E-state index in [1.165, 1.54) is 0 Å². The topological polar surface area (TPSA) is 46.5 Å². The van der Waals surface area contributed by atoms with Gasteiger partial charge in [0.2, 0.25) is 0 Å². The molecule has 0 heterocycles. The van der Waals surface area contributed by atoms with E-state index < -0.39 is 35.4 Å². The monoisotopic (exact) mass is 446 g/mol. The molecular formula is C21H32F6O3. The highest BCUT2D eigenvalue weighted by Crippen LogP contribution is 2.63. The second-order valence-electron chi connectivity index (χ2n) is 10.2. The van der Waals surface area contributed by atoms with Crippen LogP contribution in [0.25, 0.3) is 0 Å². The molecule has 2 rings (SSSR count). The number of esters is 1. The average Bonchev–Trinajstić information content (AvgIpc) is 3.15. The Bertz CT molecular complexity index is 608. The fourth-order valence-corrected chi connectivity index (χ4v) is 5.49. The van der Waals surface area contributed by atoms with Gasteiger partial charge in [0.05, 0.1) is 0 Å². The van der Waals surface area contributed by atoms with Crippen molar-refractivity contribution in [1.82, 2.24) is 0 Å². The van der Waals surface area contributed by atoms with Gasteiger partial charge < -0.3 is 9.84 Å². The summed E-state index contributed by atoms with van der Waals surface area (Å²) in [5, 5.41) is 9.92. The number of hydrogen-bond acceptors (Lipinski definition) is 3. The summed E-state index contributed by atoms with van der Waals surface area (Å²) in [5.74, 6) is -3.96. The molecule has 0 aromatic rings. The molecule has 176 valence electrons. The number of fused-ring (bicyclic) bond motifs is 2. The largest absolute Gasteiger partial charge is 0.460 e. The molecule has 6 unspecified atom stereocenters. The fraction of sp³-hybridized carbons (Fsp3) is 0.952. The standard InChI is InChI=1S/C21H32F6O3/c1-11(6-7-17(28)30-18(3,4)5)12(2)14-8-13-9-15(14)16(10-13)19(29,20(22,23)24)21(25,26)27/h11-16,29H,6-10H2,1-5H3. The van der Waals surface area contributed by atoms with Crippen molar-refractivity contribution in [1.29, 1.82) is 0 Å². The van der Waals surface area contributed by atoms with E-state index in [4.69, 9.17) is 4.74 Å². The van der Waals surface area contributed by atoms with Gasteiger partial charge in [0.15, 0.2) is 0 Å². The van der Waals surface area contributed by atoms with Crippen LogP contribution in [0.1, 0.15) is 66.7 Å². The number of carbonyl (C=O) groups excluding carboxylic acids is 1. The zero-order valence-electron chi connectivity index (χ0n) is 18.0. The zero-order chi connectivity index (χ0) is 23.3. The summed E-state index contributed by atoms with van der Waals surface area (Å²) in [4.78, 5) is 11.9. The molecule has 6 atom stereocenters. The normalized spacial score (nSPS) is 29.7. The van der Waals surface area contributed by atoms with Crippen LogP contribution in [-0.2, 0) is 9.53 Å². The lowest BCUT2D eigenvalue weighted by Gasteiger charge is -2.44. The van der Waals surface area contributed by atoms with Gasteiger partial charge in [0.1, 0.15) is 5.60 Å². The number of alkyl halides is 6. The third kappa shape index (κ3) is 4.91. The van der Waals surface area contributed by atoms with E-state index in [2.05, 4.69) is 0 Å². The molecule has 2 saturated carbocycles. The molecule has 0 saturated heterocycles. The Balaban J connectivity index is 2.10. The maximum absolute atomic E-state index is 13.4. The number of halogens is 6. The lowest BCUT2D eigenvalue weighted by Crippen LogP contribution is -2.63. The number of rotatable bonds is 6. The Morgan fingerprint density at radius 3 is 1.97 bits per heavy atom. The van der Waals surface area contributed by atoms with E-state index in [1.54, 1.807) is 20.8 Å². The van der Waals surface area contributed by atoms with E-state index in [-0.39, 0.29) is 48.9 Å². The summed E-state index contributed by atoms with van der Waals surface area (Å²) >= 11 is 0. The van der Waals surface area contributed by atoms with E-state index in [9.17, 15) is 36.2 Å². The van der Waals surface area contributed by atoms with Crippen molar-refractivity contribution >= 4 is 5.97 Å². The van der Waals surface area contributed by atoms with Crippen LogP contribution in [0.2, 0.25) is 0 Å². The van der Waals surface area contributed by atoms with Crippen LogP contribution < -0.4 is 0 Å². The smallest absolute Gasteiger partial charge is 0.426 e. The maximum atomic E-state index is 13.4. The van der Waals surface area contributed by atoms with Crippen molar-refractivity contribution in [3.63, 3.8) is 0 Å². The number of hydrogen-bond donors (Lipinski definition) is 1. The minimum Gasteiger partial charge on any atom is -0.460 e. The second-order valence-corrected chi connectivity index (χ2v) is 10.2. The molecule has 2 fully saturated rings. The molecule has 1 N–H and O–H groups in total. The van der Waals surface area contributed by atoms with E-state index in [0.29, 0.717) is 12.8 Å². The number of ether oxygens (including phenoxy) is 1. The molecule has 0 spiro atoms. The summed E-state index contributed by atoms with van der Waals surface area (Å²) in [6, 6.07) is 0. The highest BCUT2D eigenvalue weighted by molar-refractivity contribution is 5.69. The zero-order valence-corrected chi connectivity index (χ0v) is 18.0. The first-order chi connectivity index (χ1) is 13.4. The SMILES string of the molecule is CC(CCC(=O)OC(C)(C)C)C(C)C1CC2CC1C(C(O)(C(F)(F)F)C(F)(F)F)C2. The average molecular weight is 446 g/mol. The molecule has 30 heavy (non-hydrogen) atoms. The Labute approximate surface area is 173 Å². The van der Waals surface area contributed by atoms with Crippen molar-refractivity contribution in [3.8, 4) is 0 Å². The Hall–Kier alpha value is -0.990. The summed E-state index contributed by atoms with van der Waals surface area (Å²) < 4.78 is 85.6. The Kier molecular flexibility index (Phi) is 6.88. The van der Waals surface area contributed by atoms with Crippen LogP contribution in [-0.4, -0.2) is 34.6 Å². The van der Waals surface area contributed by atoms with Gasteiger partial charge in [-0.1, -0.05) is 13.8 Å². The van der Waals surface area contributed by atoms with Crippen molar-refractivity contribution in [2.24, 2.45) is 35.5 Å². The Morgan fingerprint density at radius 1 is 1.00 bits per heavy atom. The van der Waals surface area contributed by atoms with Crippen LogP contribution >= 0.6 is 0 Å². The highest BCUT2D eigenvalue weighted by atomic mass is 19.4. The van der Waals surface area contributed by atoms with Gasteiger partial charge in [0.25, 0.3) is 5.60 Å². The molecule has 2 bridgehead atoms. The molecule has 2 aliphatic carbocycles. The quantitative estimate of drug-likeness (QED) is 0.408. The summed E-state index contributed by atoms with van der Waals surface area (Å²) in [7, 11) is 0.